The summed E-state index contributed by atoms with van der Waals surface area (Å²) in [5.74, 6) is -0.487. The van der Waals surface area contributed by atoms with E-state index in [0.717, 1.165) is 37.8 Å². The lowest BCUT2D eigenvalue weighted by atomic mass is 9.65. The van der Waals surface area contributed by atoms with Crippen molar-refractivity contribution in [2.75, 3.05) is 0 Å². The number of alkyl halides is 3. The van der Waals surface area contributed by atoms with Crippen LogP contribution in [-0.4, -0.2) is 11.7 Å². The zero-order valence-electron chi connectivity index (χ0n) is 14.4. The van der Waals surface area contributed by atoms with Gasteiger partial charge in [-0.25, -0.2) is 0 Å². The Labute approximate surface area is 145 Å². The predicted molar refractivity (Wildman–Crippen MR) is 88.9 cm³/mol. The molecule has 1 saturated carbocycles. The zero-order chi connectivity index (χ0) is 18.7. The van der Waals surface area contributed by atoms with Crippen LogP contribution in [0.1, 0.15) is 67.8 Å². The van der Waals surface area contributed by atoms with Gasteiger partial charge >= 0.3 is 6.18 Å². The molecule has 2 rings (SSSR count). The Hall–Kier alpha value is -1.85. The Kier molecular flexibility index (Phi) is 5.91. The Morgan fingerprint density at radius 3 is 2.12 bits per heavy atom. The lowest BCUT2D eigenvalue weighted by molar-refractivity contribution is -0.137. The van der Waals surface area contributed by atoms with Crippen molar-refractivity contribution in [2.45, 2.75) is 58.0 Å². The topological polar surface area (TPSA) is 60.2 Å². The van der Waals surface area contributed by atoms with Crippen LogP contribution in [0, 0.1) is 11.3 Å². The van der Waals surface area contributed by atoms with Crippen LogP contribution in [0.25, 0.3) is 0 Å². The third-order valence-corrected chi connectivity index (χ3v) is 5.51. The van der Waals surface area contributed by atoms with Gasteiger partial charge in [0.2, 0.25) is 5.91 Å². The van der Waals surface area contributed by atoms with Crippen LogP contribution in [0.15, 0.2) is 24.3 Å². The average Bonchev–Trinajstić information content (AvgIpc) is 3.10. The quantitative estimate of drug-likeness (QED) is 0.718. The number of ketones is 1. The molecule has 1 aliphatic carbocycles. The number of hydrogen-bond acceptors (Lipinski definition) is 2. The number of primary amides is 1. The molecule has 0 spiro atoms. The van der Waals surface area contributed by atoms with E-state index >= 15 is 0 Å². The van der Waals surface area contributed by atoms with Gasteiger partial charge in [-0.05, 0) is 43.7 Å². The second-order valence-corrected chi connectivity index (χ2v) is 6.86. The van der Waals surface area contributed by atoms with Crippen LogP contribution in [-0.2, 0) is 11.0 Å². The zero-order valence-corrected chi connectivity index (χ0v) is 14.4. The number of amides is 1. The van der Waals surface area contributed by atoms with Gasteiger partial charge in [-0.1, -0.05) is 31.9 Å². The fourth-order valence-corrected chi connectivity index (χ4v) is 4.05. The van der Waals surface area contributed by atoms with Crippen LogP contribution in [0.4, 0.5) is 13.2 Å². The minimum atomic E-state index is -4.43. The molecule has 1 aliphatic rings. The highest BCUT2D eigenvalue weighted by molar-refractivity contribution is 6.01. The lowest BCUT2D eigenvalue weighted by Gasteiger charge is -2.37. The van der Waals surface area contributed by atoms with E-state index in [4.69, 9.17) is 5.73 Å². The number of carbonyl (C=O) groups excluding carboxylic acids is 2. The van der Waals surface area contributed by atoms with Crippen molar-refractivity contribution in [3.63, 3.8) is 0 Å². The standard InChI is InChI=1S/C19H24F3NO2/c1-2-18(12-11-16(23)24,14-5-3-4-6-14)17(25)13-7-9-15(10-8-13)19(20,21)22/h7-10,14H,2-6,11-12H2,1H3,(H2,23,24). The van der Waals surface area contributed by atoms with Crippen molar-refractivity contribution in [2.24, 2.45) is 17.1 Å². The van der Waals surface area contributed by atoms with Crippen LogP contribution in [0.5, 0.6) is 0 Å². The van der Waals surface area contributed by atoms with Gasteiger partial charge in [0.25, 0.3) is 0 Å². The molecule has 1 atom stereocenters. The van der Waals surface area contributed by atoms with Crippen LogP contribution in [0.2, 0.25) is 0 Å². The minimum absolute atomic E-state index is 0.108. The molecule has 0 heterocycles. The highest BCUT2D eigenvalue weighted by atomic mass is 19.4. The fourth-order valence-electron chi connectivity index (χ4n) is 4.05. The van der Waals surface area contributed by atoms with Gasteiger partial charge in [0.05, 0.1) is 5.56 Å². The van der Waals surface area contributed by atoms with Crippen LogP contribution in [0.3, 0.4) is 0 Å². The first-order chi connectivity index (χ1) is 11.7. The van der Waals surface area contributed by atoms with Crippen LogP contribution >= 0.6 is 0 Å². The smallest absolute Gasteiger partial charge is 0.370 e. The normalized spacial score (nSPS) is 18.1. The van der Waals surface area contributed by atoms with E-state index in [-0.39, 0.29) is 23.7 Å². The molecule has 3 nitrogen and oxygen atoms in total. The first-order valence-corrected chi connectivity index (χ1v) is 8.71. The SMILES string of the molecule is CCC(CCC(N)=O)(C(=O)c1ccc(C(F)(F)F)cc1)C1CCCC1. The number of Topliss-reactive ketones (excluding diaryl/α,β-unsaturated/α-hetero) is 1. The first-order valence-electron chi connectivity index (χ1n) is 8.71. The summed E-state index contributed by atoms with van der Waals surface area (Å²) in [6, 6.07) is 4.37. The maximum atomic E-state index is 13.2. The molecule has 0 aliphatic heterocycles. The molecule has 0 saturated heterocycles. The molecule has 1 fully saturated rings. The number of nitrogens with two attached hydrogens (primary N) is 1. The van der Waals surface area contributed by atoms with Crippen molar-refractivity contribution in [3.05, 3.63) is 35.4 Å². The molecule has 1 aromatic carbocycles. The van der Waals surface area contributed by atoms with Crippen LogP contribution < -0.4 is 5.73 Å². The van der Waals surface area contributed by atoms with Crippen molar-refractivity contribution in [3.8, 4) is 0 Å². The van der Waals surface area contributed by atoms with E-state index in [2.05, 4.69) is 0 Å². The van der Waals surface area contributed by atoms with Crippen molar-refractivity contribution >= 4 is 11.7 Å². The number of benzene rings is 1. The van der Waals surface area contributed by atoms with E-state index < -0.39 is 23.1 Å². The van der Waals surface area contributed by atoms with Gasteiger partial charge in [0, 0.05) is 17.4 Å². The Bertz CT molecular complexity index is 619. The number of rotatable bonds is 7. The lowest BCUT2D eigenvalue weighted by Crippen LogP contribution is -2.38. The summed E-state index contributed by atoms with van der Waals surface area (Å²) in [6.45, 7) is 1.90. The molecule has 2 N–H and O–H groups in total. The van der Waals surface area contributed by atoms with E-state index in [1.165, 1.54) is 12.1 Å². The highest BCUT2D eigenvalue weighted by Crippen LogP contribution is 2.47. The van der Waals surface area contributed by atoms with Crippen molar-refractivity contribution in [1.82, 2.24) is 0 Å². The predicted octanol–water partition coefficient (Wildman–Crippen LogP) is 4.74. The second-order valence-electron chi connectivity index (χ2n) is 6.86. The number of carbonyl (C=O) groups is 2. The Morgan fingerprint density at radius 1 is 1.12 bits per heavy atom. The second kappa shape index (κ2) is 7.58. The Balaban J connectivity index is 2.35. The minimum Gasteiger partial charge on any atom is -0.370 e. The van der Waals surface area contributed by atoms with Crippen molar-refractivity contribution < 1.29 is 22.8 Å². The van der Waals surface area contributed by atoms with Crippen molar-refractivity contribution in [1.29, 1.82) is 0 Å². The molecule has 1 amide bonds. The van der Waals surface area contributed by atoms with E-state index in [0.29, 0.717) is 12.8 Å². The highest BCUT2D eigenvalue weighted by Gasteiger charge is 2.45. The first kappa shape index (κ1) is 19.5. The van der Waals surface area contributed by atoms with Gasteiger partial charge < -0.3 is 5.73 Å². The average molecular weight is 355 g/mol. The maximum Gasteiger partial charge on any atom is 0.416 e. The summed E-state index contributed by atoms with van der Waals surface area (Å²) in [5.41, 5.74) is 4.05. The molecule has 0 aromatic heterocycles. The monoisotopic (exact) mass is 355 g/mol. The van der Waals surface area contributed by atoms with Gasteiger partial charge in [-0.2, -0.15) is 13.2 Å². The molecule has 0 radical (unpaired) electrons. The third-order valence-electron chi connectivity index (χ3n) is 5.51. The van der Waals surface area contributed by atoms with Gasteiger partial charge in [0.15, 0.2) is 5.78 Å². The summed E-state index contributed by atoms with van der Waals surface area (Å²) in [4.78, 5) is 24.5. The number of hydrogen-bond donors (Lipinski definition) is 1. The molecule has 1 aromatic rings. The molecule has 0 bridgehead atoms. The van der Waals surface area contributed by atoms with E-state index in [1.54, 1.807) is 0 Å². The summed E-state index contributed by atoms with van der Waals surface area (Å²) >= 11 is 0. The molecular weight excluding hydrogens is 331 g/mol. The molecular formula is C19H24F3NO2. The fraction of sp³-hybridized carbons (Fsp3) is 0.579. The summed E-state index contributed by atoms with van der Waals surface area (Å²) < 4.78 is 38.2. The largest absolute Gasteiger partial charge is 0.416 e. The van der Waals surface area contributed by atoms with Gasteiger partial charge in [-0.15, -0.1) is 0 Å². The van der Waals surface area contributed by atoms with E-state index in [1.807, 2.05) is 6.92 Å². The molecule has 138 valence electrons. The number of halogens is 3. The summed E-state index contributed by atoms with van der Waals surface area (Å²) in [7, 11) is 0. The van der Waals surface area contributed by atoms with Gasteiger partial charge in [-0.3, -0.25) is 9.59 Å². The summed E-state index contributed by atoms with van der Waals surface area (Å²) in [5, 5.41) is 0. The molecule has 1 unspecified atom stereocenters. The third kappa shape index (κ3) is 4.22. The van der Waals surface area contributed by atoms with E-state index in [9.17, 15) is 22.8 Å². The molecule has 25 heavy (non-hydrogen) atoms. The Morgan fingerprint density at radius 2 is 1.68 bits per heavy atom. The molecule has 6 heteroatoms. The maximum absolute atomic E-state index is 13.2. The summed E-state index contributed by atoms with van der Waals surface area (Å²) in [6.07, 6.45) is 0.441. The van der Waals surface area contributed by atoms with Gasteiger partial charge in [0.1, 0.15) is 0 Å².